The molecule has 1 aliphatic heterocycles. The van der Waals surface area contributed by atoms with Crippen LogP contribution in [0.2, 0.25) is 0 Å². The standard InChI is InChI=1S/C47H60N6O8/c1-45-19-16-35(54)22-33(45)14-15-37-38(45)17-20-46(2)39(37)18-21-47(46,56)41-26-53(51-49-41)25-36(55)24-52-23-34(48-50-52)29-60-43-42(59-28-32-12-8-5-9-13-32)40(61-44(43)57-3)30-58-27-31-10-6-4-7-11-31/h4-13,22-23,26,36-40,42-44,55-56H,14-21,24-25,27-30H2,1-3H3/t36?,37-,38+,39+,40-,42+,43-,44-,45+,46+,47-/m1/s1. The van der Waals surface area contributed by atoms with Crippen LogP contribution in [-0.2, 0) is 67.0 Å². The second kappa shape index (κ2) is 17.5. The molecule has 1 saturated heterocycles. The monoisotopic (exact) mass is 836 g/mol. The van der Waals surface area contributed by atoms with Crippen LogP contribution < -0.4 is 0 Å². The van der Waals surface area contributed by atoms with Crippen LogP contribution in [0, 0.1) is 28.6 Å². The summed E-state index contributed by atoms with van der Waals surface area (Å²) in [6.45, 7) is 6.21. The van der Waals surface area contributed by atoms with E-state index in [2.05, 4.69) is 34.5 Å². The van der Waals surface area contributed by atoms with Gasteiger partial charge >= 0.3 is 0 Å². The molecule has 9 rings (SSSR count). The number of benzene rings is 2. The normalized spacial score (nSPS) is 33.8. The van der Waals surface area contributed by atoms with Crippen LogP contribution in [0.15, 0.2) is 84.7 Å². The molecule has 4 fully saturated rings. The third kappa shape index (κ3) is 8.28. The highest BCUT2D eigenvalue weighted by atomic mass is 16.7. The Morgan fingerprint density at radius 2 is 1.51 bits per heavy atom. The average Bonchev–Trinajstić information content (AvgIpc) is 4.06. The average molecular weight is 837 g/mol. The quantitative estimate of drug-likeness (QED) is 0.142. The van der Waals surface area contributed by atoms with E-state index in [9.17, 15) is 15.0 Å². The Bertz CT molecular complexity index is 2150. The van der Waals surface area contributed by atoms with E-state index in [-0.39, 0.29) is 36.3 Å². The van der Waals surface area contributed by atoms with E-state index in [1.807, 2.05) is 72.9 Å². The Morgan fingerprint density at radius 1 is 0.820 bits per heavy atom. The highest BCUT2D eigenvalue weighted by Crippen LogP contribution is 2.69. The van der Waals surface area contributed by atoms with Crippen molar-refractivity contribution in [1.82, 2.24) is 30.0 Å². The minimum Gasteiger partial charge on any atom is -0.389 e. The van der Waals surface area contributed by atoms with Gasteiger partial charge in [0.15, 0.2) is 12.1 Å². The van der Waals surface area contributed by atoms with Gasteiger partial charge in [0, 0.05) is 18.9 Å². The van der Waals surface area contributed by atoms with Gasteiger partial charge in [0.25, 0.3) is 0 Å². The van der Waals surface area contributed by atoms with E-state index >= 15 is 0 Å². The van der Waals surface area contributed by atoms with Crippen molar-refractivity contribution in [3.63, 3.8) is 0 Å². The van der Waals surface area contributed by atoms with E-state index < -0.39 is 36.3 Å². The number of ketones is 1. The predicted octanol–water partition coefficient (Wildman–Crippen LogP) is 5.71. The van der Waals surface area contributed by atoms with Gasteiger partial charge in [0.05, 0.1) is 58.0 Å². The fourth-order valence-electron chi connectivity index (χ4n) is 11.8. The molecule has 0 spiro atoms. The second-order valence-electron chi connectivity index (χ2n) is 18.6. The molecular formula is C47H60N6O8. The molecule has 2 N–H and O–H groups in total. The SMILES string of the molecule is CO[C@@H]1O[C@H](COCc2ccccc2)[C@H](OCc2ccccc2)[C@H]1OCc1cn(CC(O)Cn2cc([C@]3(O)CC[C@H]4[C@@H]5CCC6=CC(=O)CC[C@]6(C)[C@H]5CC[C@@]43C)nn2)nn1. The predicted molar refractivity (Wildman–Crippen MR) is 222 cm³/mol. The number of hydrogen-bond acceptors (Lipinski definition) is 12. The number of allylic oxidation sites excluding steroid dienone is 1. The first-order valence-electron chi connectivity index (χ1n) is 22.1. The number of aromatic nitrogens is 6. The first kappa shape index (κ1) is 42.2. The summed E-state index contributed by atoms with van der Waals surface area (Å²) in [4.78, 5) is 12.3. The van der Waals surface area contributed by atoms with Crippen molar-refractivity contribution < 1.29 is 38.7 Å². The van der Waals surface area contributed by atoms with Crippen molar-refractivity contribution in [3.05, 3.63) is 107 Å². The minimum absolute atomic E-state index is 0.0803. The van der Waals surface area contributed by atoms with Gasteiger partial charge in [-0.15, -0.1) is 10.2 Å². The van der Waals surface area contributed by atoms with Crippen LogP contribution in [-0.4, -0.2) is 90.4 Å². The van der Waals surface area contributed by atoms with Crippen LogP contribution >= 0.6 is 0 Å². The van der Waals surface area contributed by atoms with E-state index in [0.717, 1.165) is 49.7 Å². The molecule has 4 aromatic rings. The van der Waals surface area contributed by atoms with Gasteiger partial charge in [-0.05, 0) is 85.3 Å². The molecule has 3 saturated carbocycles. The maximum absolute atomic E-state index is 12.5. The molecule has 326 valence electrons. The number of aliphatic hydroxyl groups excluding tert-OH is 1. The summed E-state index contributed by atoms with van der Waals surface area (Å²) < 4.78 is 34.1. The van der Waals surface area contributed by atoms with Crippen molar-refractivity contribution >= 4 is 5.78 Å². The molecule has 2 aromatic heterocycles. The zero-order chi connectivity index (χ0) is 42.2. The van der Waals surface area contributed by atoms with Gasteiger partial charge in [-0.2, -0.15) is 0 Å². The highest BCUT2D eigenvalue weighted by Gasteiger charge is 2.65. The number of methoxy groups -OCH3 is 1. The molecule has 4 aliphatic carbocycles. The van der Waals surface area contributed by atoms with Gasteiger partial charge in [0.2, 0.25) is 0 Å². The highest BCUT2D eigenvalue weighted by molar-refractivity contribution is 5.91. The Hall–Kier alpha value is -4.15. The van der Waals surface area contributed by atoms with Crippen molar-refractivity contribution in [1.29, 1.82) is 0 Å². The Balaban J connectivity index is 0.803. The smallest absolute Gasteiger partial charge is 0.186 e. The van der Waals surface area contributed by atoms with Gasteiger partial charge in [0.1, 0.15) is 35.3 Å². The molecule has 0 amide bonds. The first-order chi connectivity index (χ1) is 29.6. The molecule has 3 heterocycles. The van der Waals surface area contributed by atoms with Crippen molar-refractivity contribution in [2.24, 2.45) is 28.6 Å². The fourth-order valence-corrected chi connectivity index (χ4v) is 11.8. The zero-order valence-corrected chi connectivity index (χ0v) is 35.6. The van der Waals surface area contributed by atoms with Crippen molar-refractivity contribution in [3.8, 4) is 0 Å². The van der Waals surface area contributed by atoms with Gasteiger partial charge < -0.3 is 33.9 Å². The van der Waals surface area contributed by atoms with E-state index in [0.29, 0.717) is 61.8 Å². The maximum atomic E-state index is 12.5. The Morgan fingerprint density at radius 3 is 2.26 bits per heavy atom. The van der Waals surface area contributed by atoms with Crippen LogP contribution in [0.5, 0.6) is 0 Å². The summed E-state index contributed by atoms with van der Waals surface area (Å²) in [6, 6.07) is 19.9. The molecule has 0 bridgehead atoms. The molecule has 1 unspecified atom stereocenters. The number of hydrogen-bond donors (Lipinski definition) is 2. The summed E-state index contributed by atoms with van der Waals surface area (Å²) in [5.41, 5.74) is 3.26. The van der Waals surface area contributed by atoms with E-state index in [1.165, 1.54) is 5.57 Å². The number of carbonyl (C=O) groups is 1. The summed E-state index contributed by atoms with van der Waals surface area (Å²) in [7, 11) is 1.58. The number of rotatable bonds is 16. The number of carbonyl (C=O) groups excluding carboxylic acids is 1. The summed E-state index contributed by atoms with van der Waals surface area (Å²) >= 11 is 0. The summed E-state index contributed by atoms with van der Waals surface area (Å²) in [6.07, 6.45) is 9.65. The van der Waals surface area contributed by atoms with Gasteiger partial charge in [-0.25, -0.2) is 9.36 Å². The summed E-state index contributed by atoms with van der Waals surface area (Å²) in [5.74, 6) is 1.70. The Labute approximate surface area is 357 Å². The molecule has 0 radical (unpaired) electrons. The molecule has 11 atom stereocenters. The third-order valence-electron chi connectivity index (χ3n) is 15.1. The minimum atomic E-state index is -1.10. The number of fused-ring (bicyclic) bond motifs is 5. The van der Waals surface area contributed by atoms with Crippen molar-refractivity contribution in [2.75, 3.05) is 13.7 Å². The molecule has 14 heteroatoms. The van der Waals surface area contributed by atoms with Crippen LogP contribution in [0.4, 0.5) is 0 Å². The molecule has 5 aliphatic rings. The van der Waals surface area contributed by atoms with Crippen LogP contribution in [0.1, 0.15) is 87.7 Å². The van der Waals surface area contributed by atoms with E-state index in [4.69, 9.17) is 23.7 Å². The molecule has 14 nitrogen and oxygen atoms in total. The van der Waals surface area contributed by atoms with Gasteiger partial charge in [-0.1, -0.05) is 90.5 Å². The van der Waals surface area contributed by atoms with Crippen LogP contribution in [0.3, 0.4) is 0 Å². The van der Waals surface area contributed by atoms with Gasteiger partial charge in [-0.3, -0.25) is 4.79 Å². The zero-order valence-electron chi connectivity index (χ0n) is 35.6. The summed E-state index contributed by atoms with van der Waals surface area (Å²) in [5, 5.41) is 41.2. The first-order valence-corrected chi connectivity index (χ1v) is 22.1. The lowest BCUT2D eigenvalue weighted by atomic mass is 9.46. The molecule has 2 aromatic carbocycles. The lowest BCUT2D eigenvalue weighted by Crippen LogP contribution is -2.53. The van der Waals surface area contributed by atoms with Crippen LogP contribution in [0.25, 0.3) is 0 Å². The number of ether oxygens (including phenoxy) is 5. The largest absolute Gasteiger partial charge is 0.389 e. The lowest BCUT2D eigenvalue weighted by molar-refractivity contribution is -0.171. The van der Waals surface area contributed by atoms with E-state index in [1.54, 1.807) is 22.7 Å². The number of nitrogens with zero attached hydrogens (tertiary/aromatic N) is 6. The number of aliphatic hydroxyl groups is 2. The molecule has 61 heavy (non-hydrogen) atoms. The maximum Gasteiger partial charge on any atom is 0.186 e. The fraction of sp³-hybridized carbons (Fsp3) is 0.596. The topological polar surface area (TPSA) is 165 Å². The van der Waals surface area contributed by atoms with Crippen molar-refractivity contribution in [2.45, 2.75) is 134 Å². The second-order valence-corrected chi connectivity index (χ2v) is 18.6. The third-order valence-corrected chi connectivity index (χ3v) is 15.1. The lowest BCUT2D eigenvalue weighted by Gasteiger charge is -2.59. The molecular weight excluding hydrogens is 777 g/mol. The Kier molecular flexibility index (Phi) is 12.1.